The van der Waals surface area contributed by atoms with E-state index >= 15 is 0 Å². The van der Waals surface area contributed by atoms with Crippen molar-refractivity contribution in [2.75, 3.05) is 13.2 Å². The molecule has 2 N–H and O–H groups in total. The van der Waals surface area contributed by atoms with E-state index in [1.165, 1.54) is 48.8 Å². The Balaban J connectivity index is 1.78. The van der Waals surface area contributed by atoms with E-state index in [0.717, 1.165) is 12.5 Å². The highest BCUT2D eigenvalue weighted by atomic mass is 16.5. The fourth-order valence-corrected chi connectivity index (χ4v) is 3.05. The van der Waals surface area contributed by atoms with Gasteiger partial charge in [-0.05, 0) is 43.7 Å². The van der Waals surface area contributed by atoms with Crippen LogP contribution in [0.3, 0.4) is 0 Å². The third-order valence-electron chi connectivity index (χ3n) is 4.20. The van der Waals surface area contributed by atoms with Gasteiger partial charge in [0, 0.05) is 6.61 Å². The first-order valence-corrected chi connectivity index (χ1v) is 7.57. The number of nitrogens with two attached hydrogens (primary N) is 1. The van der Waals surface area contributed by atoms with Crippen LogP contribution in [0, 0.1) is 19.8 Å². The highest BCUT2D eigenvalue weighted by Crippen LogP contribution is 2.24. The molecule has 1 atom stereocenters. The Morgan fingerprint density at radius 3 is 2.63 bits per heavy atom. The molecule has 0 spiro atoms. The van der Waals surface area contributed by atoms with E-state index in [4.69, 9.17) is 10.5 Å². The lowest BCUT2D eigenvalue weighted by molar-refractivity contribution is 0.0758. The van der Waals surface area contributed by atoms with Gasteiger partial charge in [-0.1, -0.05) is 43.0 Å². The molecule has 0 heterocycles. The predicted molar refractivity (Wildman–Crippen MR) is 80.2 cm³/mol. The molecule has 2 heteroatoms. The van der Waals surface area contributed by atoms with Crippen LogP contribution >= 0.6 is 0 Å². The molecule has 19 heavy (non-hydrogen) atoms. The van der Waals surface area contributed by atoms with Crippen LogP contribution in [0.5, 0.6) is 0 Å². The molecule has 1 aromatic carbocycles. The standard InChI is InChI=1S/C17H27NO/c1-13-8-9-16(14(2)10-13)17(18)12-19-11-15-6-4-3-5-7-15/h8-10,15,17H,3-7,11-12,18H2,1-2H3. The first-order valence-electron chi connectivity index (χ1n) is 7.57. The molecule has 2 nitrogen and oxygen atoms in total. The van der Waals surface area contributed by atoms with Crippen LogP contribution in [0.4, 0.5) is 0 Å². The SMILES string of the molecule is Cc1ccc(C(N)COCC2CCCCC2)c(C)c1. The second kappa shape index (κ2) is 7.06. The predicted octanol–water partition coefficient (Wildman–Crippen LogP) is 3.90. The topological polar surface area (TPSA) is 35.2 Å². The Bertz CT molecular complexity index is 396. The Kier molecular flexibility index (Phi) is 5.41. The Morgan fingerprint density at radius 2 is 1.95 bits per heavy atom. The maximum atomic E-state index is 6.24. The second-order valence-electron chi connectivity index (χ2n) is 6.01. The third kappa shape index (κ3) is 4.32. The quantitative estimate of drug-likeness (QED) is 0.872. The smallest absolute Gasteiger partial charge is 0.0659 e. The monoisotopic (exact) mass is 261 g/mol. The molecular weight excluding hydrogens is 234 g/mol. The zero-order valence-electron chi connectivity index (χ0n) is 12.3. The number of hydrogen-bond acceptors (Lipinski definition) is 2. The van der Waals surface area contributed by atoms with E-state index in [1.807, 2.05) is 0 Å². The van der Waals surface area contributed by atoms with Crippen molar-refractivity contribution in [3.05, 3.63) is 34.9 Å². The summed E-state index contributed by atoms with van der Waals surface area (Å²) in [6, 6.07) is 6.46. The van der Waals surface area contributed by atoms with Gasteiger partial charge < -0.3 is 10.5 Å². The molecule has 1 aromatic rings. The van der Waals surface area contributed by atoms with Gasteiger partial charge in [-0.2, -0.15) is 0 Å². The number of benzene rings is 1. The Morgan fingerprint density at radius 1 is 1.21 bits per heavy atom. The van der Waals surface area contributed by atoms with E-state index in [0.29, 0.717) is 6.61 Å². The zero-order valence-corrected chi connectivity index (χ0v) is 12.3. The van der Waals surface area contributed by atoms with Gasteiger partial charge >= 0.3 is 0 Å². The van der Waals surface area contributed by atoms with Crippen LogP contribution in [0.15, 0.2) is 18.2 Å². The van der Waals surface area contributed by atoms with Crippen molar-refractivity contribution in [1.82, 2.24) is 0 Å². The van der Waals surface area contributed by atoms with Crippen molar-refractivity contribution in [3.8, 4) is 0 Å². The average Bonchev–Trinajstić information content (AvgIpc) is 2.39. The minimum atomic E-state index is 0.00388. The van der Waals surface area contributed by atoms with Crippen molar-refractivity contribution in [3.63, 3.8) is 0 Å². The van der Waals surface area contributed by atoms with E-state index in [9.17, 15) is 0 Å². The van der Waals surface area contributed by atoms with Gasteiger partial charge in [0.25, 0.3) is 0 Å². The summed E-state index contributed by atoms with van der Waals surface area (Å²) in [5, 5.41) is 0. The third-order valence-corrected chi connectivity index (χ3v) is 4.20. The Labute approximate surface area is 117 Å². The minimum absolute atomic E-state index is 0.00388. The fourth-order valence-electron chi connectivity index (χ4n) is 3.05. The highest BCUT2D eigenvalue weighted by molar-refractivity contribution is 5.32. The van der Waals surface area contributed by atoms with E-state index in [2.05, 4.69) is 32.0 Å². The zero-order chi connectivity index (χ0) is 13.7. The van der Waals surface area contributed by atoms with Gasteiger partial charge in [0.15, 0.2) is 0 Å². The van der Waals surface area contributed by atoms with E-state index in [-0.39, 0.29) is 6.04 Å². The number of aryl methyl sites for hydroxylation is 2. The van der Waals surface area contributed by atoms with Gasteiger partial charge in [0.2, 0.25) is 0 Å². The van der Waals surface area contributed by atoms with Crippen LogP contribution in [0.25, 0.3) is 0 Å². The van der Waals surface area contributed by atoms with E-state index in [1.54, 1.807) is 0 Å². The summed E-state index contributed by atoms with van der Waals surface area (Å²) in [6.07, 6.45) is 6.81. The summed E-state index contributed by atoms with van der Waals surface area (Å²) < 4.78 is 5.85. The molecule has 0 aliphatic heterocycles. The largest absolute Gasteiger partial charge is 0.379 e. The molecule has 1 fully saturated rings. The molecule has 0 saturated heterocycles. The molecule has 0 radical (unpaired) electrons. The van der Waals surface area contributed by atoms with Crippen LogP contribution in [-0.2, 0) is 4.74 Å². The number of ether oxygens (including phenoxy) is 1. The molecule has 0 amide bonds. The second-order valence-corrected chi connectivity index (χ2v) is 6.01. The summed E-state index contributed by atoms with van der Waals surface area (Å²) >= 11 is 0. The summed E-state index contributed by atoms with van der Waals surface area (Å²) in [7, 11) is 0. The van der Waals surface area contributed by atoms with Crippen molar-refractivity contribution in [2.24, 2.45) is 11.7 Å². The summed E-state index contributed by atoms with van der Waals surface area (Å²) in [6.45, 7) is 5.77. The van der Waals surface area contributed by atoms with Crippen molar-refractivity contribution >= 4 is 0 Å². The number of hydrogen-bond donors (Lipinski definition) is 1. The van der Waals surface area contributed by atoms with Crippen LogP contribution in [0.2, 0.25) is 0 Å². The van der Waals surface area contributed by atoms with Crippen molar-refractivity contribution in [2.45, 2.75) is 52.0 Å². The summed E-state index contributed by atoms with van der Waals surface area (Å²) in [5.41, 5.74) is 10.0. The Hall–Kier alpha value is -0.860. The lowest BCUT2D eigenvalue weighted by atomic mass is 9.90. The molecule has 1 aliphatic carbocycles. The van der Waals surface area contributed by atoms with Gasteiger partial charge in [-0.15, -0.1) is 0 Å². The first-order chi connectivity index (χ1) is 9.16. The maximum absolute atomic E-state index is 6.24. The molecular formula is C17H27NO. The van der Waals surface area contributed by atoms with E-state index < -0.39 is 0 Å². The lowest BCUT2D eigenvalue weighted by Crippen LogP contribution is -2.21. The van der Waals surface area contributed by atoms with Gasteiger partial charge in [-0.25, -0.2) is 0 Å². The molecule has 106 valence electrons. The normalized spacial score (nSPS) is 18.5. The molecule has 0 aromatic heterocycles. The first kappa shape index (κ1) is 14.5. The molecule has 1 aliphatic rings. The fraction of sp³-hybridized carbons (Fsp3) is 0.647. The summed E-state index contributed by atoms with van der Waals surface area (Å²) in [4.78, 5) is 0. The van der Waals surface area contributed by atoms with Crippen LogP contribution in [-0.4, -0.2) is 13.2 Å². The molecule has 1 saturated carbocycles. The lowest BCUT2D eigenvalue weighted by Gasteiger charge is -2.22. The molecule has 0 bridgehead atoms. The van der Waals surface area contributed by atoms with Crippen LogP contribution < -0.4 is 5.73 Å². The number of rotatable bonds is 5. The van der Waals surface area contributed by atoms with Gasteiger partial charge in [0.1, 0.15) is 0 Å². The maximum Gasteiger partial charge on any atom is 0.0659 e. The molecule has 1 unspecified atom stereocenters. The molecule has 2 rings (SSSR count). The summed E-state index contributed by atoms with van der Waals surface area (Å²) in [5.74, 6) is 0.764. The van der Waals surface area contributed by atoms with Gasteiger partial charge in [0.05, 0.1) is 12.6 Å². The van der Waals surface area contributed by atoms with Crippen LogP contribution in [0.1, 0.15) is 54.8 Å². The highest BCUT2D eigenvalue weighted by Gasteiger charge is 2.15. The minimum Gasteiger partial charge on any atom is -0.379 e. The van der Waals surface area contributed by atoms with Crippen molar-refractivity contribution in [1.29, 1.82) is 0 Å². The van der Waals surface area contributed by atoms with Gasteiger partial charge in [-0.3, -0.25) is 0 Å². The van der Waals surface area contributed by atoms with Crippen molar-refractivity contribution < 1.29 is 4.74 Å². The average molecular weight is 261 g/mol.